The van der Waals surface area contributed by atoms with Crippen LogP contribution < -0.4 is 5.32 Å². The van der Waals surface area contributed by atoms with E-state index >= 15 is 0 Å². The van der Waals surface area contributed by atoms with Crippen molar-refractivity contribution in [2.75, 3.05) is 13.2 Å². The van der Waals surface area contributed by atoms with E-state index in [0.29, 0.717) is 18.3 Å². The highest BCUT2D eigenvalue weighted by atomic mass is 16.5. The summed E-state index contributed by atoms with van der Waals surface area (Å²) in [6, 6.07) is 8.99. The number of aryl methyl sites for hydroxylation is 1. The molecule has 0 spiro atoms. The fourth-order valence-corrected chi connectivity index (χ4v) is 3.03. The predicted molar refractivity (Wildman–Crippen MR) is 86.6 cm³/mol. The molecular weight excluding hydrogens is 262 g/mol. The van der Waals surface area contributed by atoms with E-state index in [9.17, 15) is 0 Å². The second-order valence-corrected chi connectivity index (χ2v) is 6.21. The minimum atomic E-state index is 0.268. The van der Waals surface area contributed by atoms with E-state index in [1.807, 2.05) is 0 Å². The number of ether oxygens (including phenoxy) is 2. The summed E-state index contributed by atoms with van der Waals surface area (Å²) in [6.45, 7) is 10.2. The summed E-state index contributed by atoms with van der Waals surface area (Å²) >= 11 is 0. The van der Waals surface area contributed by atoms with Gasteiger partial charge in [-0.05, 0) is 45.7 Å². The van der Waals surface area contributed by atoms with Crippen molar-refractivity contribution in [3.8, 4) is 0 Å². The average Bonchev–Trinajstić information content (AvgIpc) is 2.43. The maximum Gasteiger partial charge on any atom is 0.0665 e. The van der Waals surface area contributed by atoms with Gasteiger partial charge >= 0.3 is 0 Å². The smallest absolute Gasteiger partial charge is 0.0665 e. The summed E-state index contributed by atoms with van der Waals surface area (Å²) in [5.74, 6) is 0. The Morgan fingerprint density at radius 3 is 2.38 bits per heavy atom. The maximum atomic E-state index is 6.18. The fraction of sp³-hybridized carbons (Fsp3) is 0.667. The van der Waals surface area contributed by atoms with Crippen molar-refractivity contribution >= 4 is 0 Å². The molecule has 0 aliphatic carbocycles. The number of rotatable bonds is 6. The molecule has 3 unspecified atom stereocenters. The van der Waals surface area contributed by atoms with Gasteiger partial charge in [-0.2, -0.15) is 0 Å². The Bertz CT molecular complexity index is 408. The zero-order valence-electron chi connectivity index (χ0n) is 13.8. The van der Waals surface area contributed by atoms with Crippen LogP contribution in [-0.4, -0.2) is 31.5 Å². The average molecular weight is 291 g/mol. The van der Waals surface area contributed by atoms with Crippen LogP contribution in [0.1, 0.15) is 50.8 Å². The molecule has 118 valence electrons. The van der Waals surface area contributed by atoms with Gasteiger partial charge < -0.3 is 14.8 Å². The topological polar surface area (TPSA) is 30.5 Å². The molecule has 1 aliphatic heterocycles. The molecule has 1 heterocycles. The third-order valence-corrected chi connectivity index (χ3v) is 4.08. The summed E-state index contributed by atoms with van der Waals surface area (Å²) in [4.78, 5) is 0. The van der Waals surface area contributed by atoms with Crippen LogP contribution in [0.5, 0.6) is 0 Å². The zero-order chi connectivity index (χ0) is 15.2. The summed E-state index contributed by atoms with van der Waals surface area (Å²) < 4.78 is 12.0. The van der Waals surface area contributed by atoms with Crippen LogP contribution in [0.25, 0.3) is 0 Å². The van der Waals surface area contributed by atoms with Crippen molar-refractivity contribution < 1.29 is 9.47 Å². The summed E-state index contributed by atoms with van der Waals surface area (Å²) in [5.41, 5.74) is 2.60. The Balaban J connectivity index is 1.92. The molecule has 1 saturated heterocycles. The van der Waals surface area contributed by atoms with Gasteiger partial charge in [0.2, 0.25) is 0 Å². The molecule has 1 fully saturated rings. The van der Waals surface area contributed by atoms with Crippen molar-refractivity contribution in [2.45, 2.75) is 64.9 Å². The van der Waals surface area contributed by atoms with E-state index in [4.69, 9.17) is 9.47 Å². The first-order valence-electron chi connectivity index (χ1n) is 8.15. The highest BCUT2D eigenvalue weighted by Gasteiger charge is 2.25. The van der Waals surface area contributed by atoms with Gasteiger partial charge in [0.1, 0.15) is 0 Å². The van der Waals surface area contributed by atoms with Gasteiger partial charge in [0.25, 0.3) is 0 Å². The number of hydrogen-bond donors (Lipinski definition) is 1. The predicted octanol–water partition coefficient (Wildman–Crippen LogP) is 3.62. The zero-order valence-corrected chi connectivity index (χ0v) is 13.8. The first-order valence-corrected chi connectivity index (χ1v) is 8.15. The highest BCUT2D eigenvalue weighted by Crippen LogP contribution is 2.23. The van der Waals surface area contributed by atoms with E-state index in [1.165, 1.54) is 11.1 Å². The molecule has 1 aliphatic rings. The Labute approximate surface area is 129 Å². The van der Waals surface area contributed by atoms with Gasteiger partial charge in [0.15, 0.2) is 0 Å². The van der Waals surface area contributed by atoms with E-state index in [-0.39, 0.29) is 6.04 Å². The van der Waals surface area contributed by atoms with Crippen molar-refractivity contribution in [2.24, 2.45) is 0 Å². The highest BCUT2D eigenvalue weighted by molar-refractivity contribution is 5.24. The molecule has 0 saturated carbocycles. The maximum absolute atomic E-state index is 6.18. The van der Waals surface area contributed by atoms with E-state index in [0.717, 1.165) is 26.0 Å². The third-order valence-electron chi connectivity index (χ3n) is 4.08. The first-order chi connectivity index (χ1) is 10.1. The lowest BCUT2D eigenvalue weighted by atomic mass is 10.0. The SMILES string of the molecule is CCNC(COC1CC(C)OC(C)C1)c1ccc(C)cc1. The van der Waals surface area contributed by atoms with Crippen LogP contribution in [0.3, 0.4) is 0 Å². The molecule has 1 aromatic carbocycles. The molecule has 0 radical (unpaired) electrons. The van der Waals surface area contributed by atoms with Crippen LogP contribution in [0, 0.1) is 6.92 Å². The normalized spacial score (nSPS) is 27.5. The second-order valence-electron chi connectivity index (χ2n) is 6.21. The molecule has 3 nitrogen and oxygen atoms in total. The lowest BCUT2D eigenvalue weighted by Gasteiger charge is -2.33. The van der Waals surface area contributed by atoms with Crippen LogP contribution in [0.2, 0.25) is 0 Å². The minimum Gasteiger partial charge on any atom is -0.376 e. The molecule has 3 atom stereocenters. The number of nitrogens with one attached hydrogen (secondary N) is 1. The van der Waals surface area contributed by atoms with Crippen LogP contribution in [-0.2, 0) is 9.47 Å². The van der Waals surface area contributed by atoms with E-state index in [2.05, 4.69) is 57.3 Å². The second kappa shape index (κ2) is 7.92. The van der Waals surface area contributed by atoms with Gasteiger partial charge in [0.05, 0.1) is 31.0 Å². The molecule has 1 N–H and O–H groups in total. The van der Waals surface area contributed by atoms with Crippen molar-refractivity contribution in [1.29, 1.82) is 0 Å². The molecule has 2 rings (SSSR count). The molecule has 3 heteroatoms. The lowest BCUT2D eigenvalue weighted by Crippen LogP contribution is -2.36. The number of likely N-dealkylation sites (N-methyl/N-ethyl adjacent to an activating group) is 1. The Morgan fingerprint density at radius 1 is 1.19 bits per heavy atom. The van der Waals surface area contributed by atoms with Gasteiger partial charge in [-0.25, -0.2) is 0 Å². The molecule has 1 aromatic rings. The van der Waals surface area contributed by atoms with Crippen molar-refractivity contribution in [3.05, 3.63) is 35.4 Å². The monoisotopic (exact) mass is 291 g/mol. The molecule has 21 heavy (non-hydrogen) atoms. The first kappa shape index (κ1) is 16.5. The quantitative estimate of drug-likeness (QED) is 0.868. The van der Waals surface area contributed by atoms with E-state index in [1.54, 1.807) is 0 Å². The summed E-state index contributed by atoms with van der Waals surface area (Å²) in [6.07, 6.45) is 2.91. The molecule has 0 amide bonds. The number of hydrogen-bond acceptors (Lipinski definition) is 3. The van der Waals surface area contributed by atoms with E-state index < -0.39 is 0 Å². The Morgan fingerprint density at radius 2 is 1.81 bits per heavy atom. The lowest BCUT2D eigenvalue weighted by molar-refractivity contribution is -0.104. The van der Waals surface area contributed by atoms with Crippen molar-refractivity contribution in [1.82, 2.24) is 5.32 Å². The van der Waals surface area contributed by atoms with Gasteiger partial charge in [-0.1, -0.05) is 36.8 Å². The van der Waals surface area contributed by atoms with Crippen LogP contribution in [0.4, 0.5) is 0 Å². The Kier molecular flexibility index (Phi) is 6.22. The minimum absolute atomic E-state index is 0.268. The van der Waals surface area contributed by atoms with Gasteiger partial charge in [-0.3, -0.25) is 0 Å². The standard InChI is InChI=1S/C18H29NO2/c1-5-19-18(16-8-6-13(2)7-9-16)12-20-17-10-14(3)21-15(4)11-17/h6-9,14-15,17-19H,5,10-12H2,1-4H3. The summed E-state index contributed by atoms with van der Waals surface area (Å²) in [5, 5.41) is 3.52. The molecular formula is C18H29NO2. The van der Waals surface area contributed by atoms with Gasteiger partial charge in [-0.15, -0.1) is 0 Å². The van der Waals surface area contributed by atoms with Crippen LogP contribution >= 0.6 is 0 Å². The molecule has 0 aromatic heterocycles. The summed E-state index contributed by atoms with van der Waals surface area (Å²) in [7, 11) is 0. The van der Waals surface area contributed by atoms with Crippen LogP contribution in [0.15, 0.2) is 24.3 Å². The van der Waals surface area contributed by atoms with Crippen molar-refractivity contribution in [3.63, 3.8) is 0 Å². The third kappa shape index (κ3) is 5.10. The number of benzene rings is 1. The Hall–Kier alpha value is -0.900. The largest absolute Gasteiger partial charge is 0.376 e. The molecule has 0 bridgehead atoms. The fourth-order valence-electron chi connectivity index (χ4n) is 3.03. The van der Waals surface area contributed by atoms with Gasteiger partial charge in [0, 0.05) is 0 Å².